The summed E-state index contributed by atoms with van der Waals surface area (Å²) in [4.78, 5) is 0. The lowest BCUT2D eigenvalue weighted by molar-refractivity contribution is -0.0125. The molecule has 0 amide bonds. The zero-order valence-corrected chi connectivity index (χ0v) is 12.8. The highest BCUT2D eigenvalue weighted by atomic mass is 16.5. The Morgan fingerprint density at radius 2 is 2.11 bits per heavy atom. The van der Waals surface area contributed by atoms with Crippen LogP contribution in [0.5, 0.6) is 0 Å². The van der Waals surface area contributed by atoms with E-state index in [9.17, 15) is 0 Å². The number of methoxy groups -OCH3 is 1. The van der Waals surface area contributed by atoms with Gasteiger partial charge in [-0.3, -0.25) is 0 Å². The largest absolute Gasteiger partial charge is 0.465 e. The first-order valence-corrected chi connectivity index (χ1v) is 6.90. The third-order valence-corrected chi connectivity index (χ3v) is 3.28. The molecule has 0 atom stereocenters. The monoisotopic (exact) mass is 269 g/mol. The minimum Gasteiger partial charge on any atom is -0.465 e. The second kappa shape index (κ2) is 7.68. The van der Waals surface area contributed by atoms with Gasteiger partial charge in [0.05, 0.1) is 18.8 Å². The highest BCUT2D eigenvalue weighted by Crippen LogP contribution is 2.17. The van der Waals surface area contributed by atoms with Crippen molar-refractivity contribution in [1.29, 1.82) is 0 Å². The zero-order chi connectivity index (χ0) is 14.3. The van der Waals surface area contributed by atoms with Crippen LogP contribution in [0, 0.1) is 6.92 Å². The van der Waals surface area contributed by atoms with Crippen molar-refractivity contribution >= 4 is 0 Å². The Bertz CT molecular complexity index is 371. The summed E-state index contributed by atoms with van der Waals surface area (Å²) < 4.78 is 16.7. The summed E-state index contributed by atoms with van der Waals surface area (Å²) in [5.74, 6) is 1.91. The second-order valence-electron chi connectivity index (χ2n) is 5.34. The highest BCUT2D eigenvalue weighted by molar-refractivity contribution is 5.19. The Balaban J connectivity index is 2.35. The van der Waals surface area contributed by atoms with E-state index in [4.69, 9.17) is 13.9 Å². The predicted octanol–water partition coefficient (Wildman–Crippen LogP) is 3.03. The lowest BCUT2D eigenvalue weighted by atomic mass is 10.1. The van der Waals surface area contributed by atoms with Crippen molar-refractivity contribution in [2.45, 2.75) is 52.9 Å². The topological polar surface area (TPSA) is 43.6 Å². The molecule has 1 aromatic heterocycles. The summed E-state index contributed by atoms with van der Waals surface area (Å²) in [6, 6.07) is 2.07. The molecule has 19 heavy (non-hydrogen) atoms. The van der Waals surface area contributed by atoms with E-state index >= 15 is 0 Å². The lowest BCUT2D eigenvalue weighted by Crippen LogP contribution is -2.24. The number of hydrogen-bond donors (Lipinski definition) is 1. The smallest absolute Gasteiger partial charge is 0.118 e. The van der Waals surface area contributed by atoms with E-state index in [1.807, 2.05) is 6.92 Å². The molecule has 4 nitrogen and oxygen atoms in total. The molecule has 4 heteroatoms. The molecule has 0 radical (unpaired) electrons. The number of hydrogen-bond acceptors (Lipinski definition) is 4. The molecule has 0 saturated heterocycles. The van der Waals surface area contributed by atoms with Crippen LogP contribution < -0.4 is 5.32 Å². The minimum absolute atomic E-state index is 0.123. The van der Waals surface area contributed by atoms with Crippen molar-refractivity contribution in [3.8, 4) is 0 Å². The molecule has 1 N–H and O–H groups in total. The Labute approximate surface area is 116 Å². The summed E-state index contributed by atoms with van der Waals surface area (Å²) in [6.07, 6.45) is 0.880. The van der Waals surface area contributed by atoms with Crippen molar-refractivity contribution in [2.24, 2.45) is 0 Å². The average Bonchev–Trinajstić information content (AvgIpc) is 2.73. The standard InChI is InChI=1S/C15H27NO3/c1-6-16-10-14-9-13(12(2)19-14)11-18-8-7-15(3,4)17-5/h9,16H,6-8,10-11H2,1-5H3. The molecular weight excluding hydrogens is 242 g/mol. The molecule has 0 aliphatic rings. The second-order valence-corrected chi connectivity index (χ2v) is 5.34. The van der Waals surface area contributed by atoms with Gasteiger partial charge < -0.3 is 19.2 Å². The van der Waals surface area contributed by atoms with Crippen molar-refractivity contribution in [2.75, 3.05) is 20.3 Å². The Morgan fingerprint density at radius 1 is 1.37 bits per heavy atom. The lowest BCUT2D eigenvalue weighted by Gasteiger charge is -2.22. The highest BCUT2D eigenvalue weighted by Gasteiger charge is 2.16. The van der Waals surface area contributed by atoms with Crippen molar-refractivity contribution < 1.29 is 13.9 Å². The molecule has 1 aromatic rings. The Hall–Kier alpha value is -0.840. The fraction of sp³-hybridized carbons (Fsp3) is 0.733. The average molecular weight is 269 g/mol. The van der Waals surface area contributed by atoms with E-state index in [1.54, 1.807) is 7.11 Å². The normalized spacial score (nSPS) is 12.1. The Morgan fingerprint density at radius 3 is 2.74 bits per heavy atom. The van der Waals surface area contributed by atoms with Gasteiger partial charge in [0.2, 0.25) is 0 Å². The summed E-state index contributed by atoms with van der Waals surface area (Å²) >= 11 is 0. The van der Waals surface area contributed by atoms with Crippen LogP contribution in [-0.2, 0) is 22.6 Å². The van der Waals surface area contributed by atoms with Gasteiger partial charge in [-0.15, -0.1) is 0 Å². The van der Waals surface area contributed by atoms with Crippen LogP contribution in [0.1, 0.15) is 44.3 Å². The molecular formula is C15H27NO3. The summed E-state index contributed by atoms with van der Waals surface area (Å²) in [5, 5.41) is 3.25. The number of nitrogens with one attached hydrogen (secondary N) is 1. The predicted molar refractivity (Wildman–Crippen MR) is 76.2 cm³/mol. The van der Waals surface area contributed by atoms with E-state index in [0.29, 0.717) is 13.2 Å². The van der Waals surface area contributed by atoms with Crippen LogP contribution in [-0.4, -0.2) is 25.9 Å². The van der Waals surface area contributed by atoms with Crippen LogP contribution in [0.3, 0.4) is 0 Å². The molecule has 1 heterocycles. The molecule has 0 bridgehead atoms. The fourth-order valence-corrected chi connectivity index (χ4v) is 1.67. The third-order valence-electron chi connectivity index (χ3n) is 3.28. The van der Waals surface area contributed by atoms with Crippen LogP contribution >= 0.6 is 0 Å². The van der Waals surface area contributed by atoms with E-state index in [0.717, 1.165) is 36.6 Å². The van der Waals surface area contributed by atoms with Crippen molar-refractivity contribution in [1.82, 2.24) is 5.32 Å². The fourth-order valence-electron chi connectivity index (χ4n) is 1.67. The molecule has 0 aliphatic heterocycles. The van der Waals surface area contributed by atoms with E-state index in [2.05, 4.69) is 32.2 Å². The summed E-state index contributed by atoms with van der Waals surface area (Å²) in [7, 11) is 1.73. The molecule has 0 spiro atoms. The van der Waals surface area contributed by atoms with Gasteiger partial charge in [-0.05, 0) is 39.8 Å². The maximum Gasteiger partial charge on any atom is 0.118 e. The molecule has 0 fully saturated rings. The van der Waals surface area contributed by atoms with Gasteiger partial charge in [0, 0.05) is 19.3 Å². The van der Waals surface area contributed by atoms with E-state index in [-0.39, 0.29) is 5.60 Å². The van der Waals surface area contributed by atoms with Crippen molar-refractivity contribution in [3.63, 3.8) is 0 Å². The van der Waals surface area contributed by atoms with Gasteiger partial charge in [0.15, 0.2) is 0 Å². The molecule has 0 saturated carbocycles. The first-order valence-electron chi connectivity index (χ1n) is 6.90. The number of rotatable bonds is 9. The minimum atomic E-state index is -0.123. The van der Waals surface area contributed by atoms with Gasteiger partial charge in [0.25, 0.3) is 0 Å². The number of furan rings is 1. The van der Waals surface area contributed by atoms with Crippen LogP contribution in [0.4, 0.5) is 0 Å². The van der Waals surface area contributed by atoms with Gasteiger partial charge >= 0.3 is 0 Å². The number of aryl methyl sites for hydroxylation is 1. The van der Waals surface area contributed by atoms with Crippen LogP contribution in [0.25, 0.3) is 0 Å². The first-order chi connectivity index (χ1) is 8.98. The molecule has 1 rings (SSSR count). The SMILES string of the molecule is CCNCc1cc(COCCC(C)(C)OC)c(C)o1. The van der Waals surface area contributed by atoms with E-state index in [1.165, 1.54) is 0 Å². The maximum absolute atomic E-state index is 5.70. The third kappa shape index (κ3) is 5.76. The van der Waals surface area contributed by atoms with Gasteiger partial charge in [0.1, 0.15) is 11.5 Å². The molecule has 0 aliphatic carbocycles. The van der Waals surface area contributed by atoms with Gasteiger partial charge in [-0.1, -0.05) is 6.92 Å². The molecule has 110 valence electrons. The number of ether oxygens (including phenoxy) is 2. The quantitative estimate of drug-likeness (QED) is 0.700. The maximum atomic E-state index is 5.70. The van der Waals surface area contributed by atoms with Crippen molar-refractivity contribution in [3.05, 3.63) is 23.2 Å². The van der Waals surface area contributed by atoms with Crippen LogP contribution in [0.15, 0.2) is 10.5 Å². The van der Waals surface area contributed by atoms with Crippen LogP contribution in [0.2, 0.25) is 0 Å². The molecule has 0 unspecified atom stereocenters. The zero-order valence-electron chi connectivity index (χ0n) is 12.8. The van der Waals surface area contributed by atoms with Gasteiger partial charge in [-0.2, -0.15) is 0 Å². The van der Waals surface area contributed by atoms with E-state index < -0.39 is 0 Å². The van der Waals surface area contributed by atoms with Gasteiger partial charge in [-0.25, -0.2) is 0 Å². The Kier molecular flexibility index (Phi) is 6.55. The first kappa shape index (κ1) is 16.2. The summed E-state index contributed by atoms with van der Waals surface area (Å²) in [5.41, 5.74) is 1.00. The summed E-state index contributed by atoms with van der Waals surface area (Å²) in [6.45, 7) is 11.2. The molecule has 0 aromatic carbocycles.